The third-order valence-corrected chi connectivity index (χ3v) is 3.40. The van der Waals surface area contributed by atoms with Crippen molar-refractivity contribution in [3.05, 3.63) is 35.4 Å². The van der Waals surface area contributed by atoms with Crippen LogP contribution in [-0.2, 0) is 27.0 Å². The number of nitrogens with two attached hydrogens (primary N) is 1. The summed E-state index contributed by atoms with van der Waals surface area (Å²) in [7, 11) is 0. The molecule has 5 nitrogen and oxygen atoms in total. The molecule has 0 radical (unpaired) electrons. The zero-order valence-corrected chi connectivity index (χ0v) is 13.2. The van der Waals surface area contributed by atoms with Crippen LogP contribution < -0.4 is 11.1 Å². The molecule has 0 saturated carbocycles. The molecule has 2 amide bonds. The highest BCUT2D eigenvalue weighted by atomic mass is 19.4. The Hall–Kier alpha value is -2.38. The number of primary amides is 1. The number of amides is 2. The van der Waals surface area contributed by atoms with Crippen molar-refractivity contribution in [3.8, 4) is 0 Å². The molecule has 3 N–H and O–H groups in total. The van der Waals surface area contributed by atoms with Crippen LogP contribution in [0.5, 0.6) is 0 Å². The van der Waals surface area contributed by atoms with Crippen molar-refractivity contribution in [2.75, 3.05) is 0 Å². The fraction of sp³-hybridized carbons (Fsp3) is 0.438. The summed E-state index contributed by atoms with van der Waals surface area (Å²) in [6, 6.07) is 3.34. The van der Waals surface area contributed by atoms with E-state index in [0.717, 1.165) is 12.1 Å². The summed E-state index contributed by atoms with van der Waals surface area (Å²) in [6.07, 6.45) is -4.36. The number of benzene rings is 1. The summed E-state index contributed by atoms with van der Waals surface area (Å²) >= 11 is 0. The number of alkyl halides is 3. The monoisotopic (exact) mass is 344 g/mol. The highest BCUT2D eigenvalue weighted by Gasteiger charge is 2.30. The van der Waals surface area contributed by atoms with Crippen molar-refractivity contribution in [1.82, 2.24) is 5.32 Å². The van der Waals surface area contributed by atoms with E-state index in [4.69, 9.17) is 5.73 Å². The standard InChI is InChI=1S/C16H19F3N2O3/c1-2-12(22)6-7-13(15(20)24)21-14(23)9-10-4-3-5-11(8-10)16(17,18)19/h3-5,8,13H,2,6-7,9H2,1H3,(H2,20,24)(H,21,23)/t13-/m1/s1. The van der Waals surface area contributed by atoms with Crippen LogP contribution in [0.3, 0.4) is 0 Å². The van der Waals surface area contributed by atoms with Gasteiger partial charge in [-0.3, -0.25) is 14.4 Å². The molecule has 1 rings (SSSR count). The van der Waals surface area contributed by atoms with E-state index in [9.17, 15) is 27.6 Å². The molecule has 0 bridgehead atoms. The van der Waals surface area contributed by atoms with Gasteiger partial charge in [0, 0.05) is 12.8 Å². The molecule has 0 aliphatic rings. The topological polar surface area (TPSA) is 89.3 Å². The van der Waals surface area contributed by atoms with Gasteiger partial charge in [0.15, 0.2) is 0 Å². The Morgan fingerprint density at radius 3 is 2.46 bits per heavy atom. The predicted octanol–water partition coefficient (Wildman–Crippen LogP) is 1.98. The van der Waals surface area contributed by atoms with Crippen LogP contribution >= 0.6 is 0 Å². The number of carbonyl (C=O) groups excluding carboxylic acids is 3. The Kier molecular flexibility index (Phi) is 6.94. The van der Waals surface area contributed by atoms with Crippen molar-refractivity contribution in [1.29, 1.82) is 0 Å². The van der Waals surface area contributed by atoms with Gasteiger partial charge in [-0.2, -0.15) is 13.2 Å². The van der Waals surface area contributed by atoms with Crippen LogP contribution in [0.15, 0.2) is 24.3 Å². The third-order valence-electron chi connectivity index (χ3n) is 3.40. The van der Waals surface area contributed by atoms with E-state index in [1.54, 1.807) is 6.92 Å². The van der Waals surface area contributed by atoms with Crippen LogP contribution in [0.2, 0.25) is 0 Å². The second kappa shape index (κ2) is 8.47. The SMILES string of the molecule is CCC(=O)CC[C@@H](NC(=O)Cc1cccc(C(F)(F)F)c1)C(N)=O. The summed E-state index contributed by atoms with van der Waals surface area (Å²) in [5.41, 5.74) is 4.48. The van der Waals surface area contributed by atoms with Gasteiger partial charge in [0.2, 0.25) is 11.8 Å². The summed E-state index contributed by atoms with van der Waals surface area (Å²) in [5.74, 6) is -1.51. The number of Topliss-reactive ketones (excluding diaryl/α,β-unsaturated/α-hetero) is 1. The lowest BCUT2D eigenvalue weighted by Gasteiger charge is -2.15. The summed E-state index contributed by atoms with van der Waals surface area (Å²) in [4.78, 5) is 34.5. The van der Waals surface area contributed by atoms with Gasteiger partial charge in [0.25, 0.3) is 0 Å². The zero-order chi connectivity index (χ0) is 18.3. The quantitative estimate of drug-likeness (QED) is 0.756. The molecule has 0 aliphatic heterocycles. The first-order valence-corrected chi connectivity index (χ1v) is 7.40. The van der Waals surface area contributed by atoms with Crippen LogP contribution in [0.4, 0.5) is 13.2 Å². The molecule has 0 spiro atoms. The molecular formula is C16H19F3N2O3. The number of halogens is 3. The highest BCUT2D eigenvalue weighted by molar-refractivity contribution is 5.88. The average Bonchev–Trinajstić information content (AvgIpc) is 2.50. The molecule has 0 aliphatic carbocycles. The fourth-order valence-corrected chi connectivity index (χ4v) is 2.06. The van der Waals surface area contributed by atoms with E-state index >= 15 is 0 Å². The molecule has 1 aromatic rings. The molecule has 0 heterocycles. The highest BCUT2D eigenvalue weighted by Crippen LogP contribution is 2.29. The maximum atomic E-state index is 12.6. The van der Waals surface area contributed by atoms with Crippen molar-refractivity contribution in [2.45, 2.75) is 44.8 Å². The minimum atomic E-state index is -4.50. The third kappa shape index (κ3) is 6.39. The summed E-state index contributed by atoms with van der Waals surface area (Å²) in [5, 5.41) is 2.36. The molecular weight excluding hydrogens is 325 g/mol. The van der Waals surface area contributed by atoms with Crippen molar-refractivity contribution in [2.24, 2.45) is 5.73 Å². The van der Waals surface area contributed by atoms with Gasteiger partial charge >= 0.3 is 6.18 Å². The van der Waals surface area contributed by atoms with Gasteiger partial charge in [0.05, 0.1) is 12.0 Å². The predicted molar refractivity (Wildman–Crippen MR) is 80.8 cm³/mol. The van der Waals surface area contributed by atoms with E-state index in [0.29, 0.717) is 6.42 Å². The Bertz CT molecular complexity index is 615. The first-order chi connectivity index (χ1) is 11.1. The lowest BCUT2D eigenvalue weighted by Crippen LogP contribution is -2.45. The average molecular weight is 344 g/mol. The molecule has 0 saturated heterocycles. The number of nitrogens with one attached hydrogen (secondary N) is 1. The summed E-state index contributed by atoms with van der Waals surface area (Å²) < 4.78 is 37.9. The van der Waals surface area contributed by atoms with Crippen LogP contribution in [0, 0.1) is 0 Å². The zero-order valence-electron chi connectivity index (χ0n) is 13.2. The molecule has 1 atom stereocenters. The Morgan fingerprint density at radius 1 is 1.25 bits per heavy atom. The molecule has 1 aromatic carbocycles. The fourth-order valence-electron chi connectivity index (χ4n) is 2.06. The normalized spacial score (nSPS) is 12.5. The van der Waals surface area contributed by atoms with Crippen LogP contribution in [0.25, 0.3) is 0 Å². The number of hydrogen-bond donors (Lipinski definition) is 2. The Labute approximate surface area is 137 Å². The second-order valence-electron chi connectivity index (χ2n) is 5.33. The van der Waals surface area contributed by atoms with Gasteiger partial charge < -0.3 is 11.1 Å². The van der Waals surface area contributed by atoms with Gasteiger partial charge in [-0.05, 0) is 18.1 Å². The van der Waals surface area contributed by atoms with Crippen LogP contribution in [0.1, 0.15) is 37.3 Å². The number of ketones is 1. The molecule has 24 heavy (non-hydrogen) atoms. The Morgan fingerprint density at radius 2 is 1.92 bits per heavy atom. The molecule has 0 fully saturated rings. The Balaban J connectivity index is 2.69. The lowest BCUT2D eigenvalue weighted by atomic mass is 10.1. The smallest absolute Gasteiger partial charge is 0.368 e. The van der Waals surface area contributed by atoms with Crippen molar-refractivity contribution in [3.63, 3.8) is 0 Å². The second-order valence-corrected chi connectivity index (χ2v) is 5.33. The number of hydrogen-bond acceptors (Lipinski definition) is 3. The molecule has 8 heteroatoms. The molecule has 0 unspecified atom stereocenters. The molecule has 132 valence electrons. The van der Waals surface area contributed by atoms with E-state index < -0.39 is 29.6 Å². The van der Waals surface area contributed by atoms with Crippen LogP contribution in [-0.4, -0.2) is 23.6 Å². The molecule has 0 aromatic heterocycles. The largest absolute Gasteiger partial charge is 0.416 e. The van der Waals surface area contributed by atoms with Gasteiger partial charge in [-0.1, -0.05) is 25.1 Å². The minimum absolute atomic E-state index is 0.0658. The van der Waals surface area contributed by atoms with Gasteiger partial charge in [-0.15, -0.1) is 0 Å². The minimum Gasteiger partial charge on any atom is -0.368 e. The van der Waals surface area contributed by atoms with Gasteiger partial charge in [0.1, 0.15) is 11.8 Å². The maximum absolute atomic E-state index is 12.6. The first kappa shape index (κ1) is 19.7. The number of rotatable bonds is 8. The van der Waals surface area contributed by atoms with E-state index in [2.05, 4.69) is 5.32 Å². The van der Waals surface area contributed by atoms with E-state index in [-0.39, 0.29) is 30.6 Å². The lowest BCUT2D eigenvalue weighted by molar-refractivity contribution is -0.137. The van der Waals surface area contributed by atoms with Crippen molar-refractivity contribution >= 4 is 17.6 Å². The first-order valence-electron chi connectivity index (χ1n) is 7.40. The maximum Gasteiger partial charge on any atom is 0.416 e. The van der Waals surface area contributed by atoms with Gasteiger partial charge in [-0.25, -0.2) is 0 Å². The summed E-state index contributed by atoms with van der Waals surface area (Å²) in [6.45, 7) is 1.67. The van der Waals surface area contributed by atoms with Crippen molar-refractivity contribution < 1.29 is 27.6 Å². The number of carbonyl (C=O) groups is 3. The van der Waals surface area contributed by atoms with E-state index in [1.165, 1.54) is 12.1 Å². The van der Waals surface area contributed by atoms with E-state index in [1.807, 2.05) is 0 Å².